The van der Waals surface area contributed by atoms with E-state index in [4.69, 9.17) is 13.9 Å². The monoisotopic (exact) mass is 350 g/mol. The molecule has 7 heteroatoms. The number of benzene rings is 1. The maximum Gasteiger partial charge on any atom is 0.319 e. The average molecular weight is 350 g/mol. The van der Waals surface area contributed by atoms with Crippen LogP contribution >= 0.6 is 11.8 Å². The number of unbranched alkanes of at least 4 members (excludes halogenated alkanes) is 1. The zero-order valence-electron chi connectivity index (χ0n) is 14.2. The second-order valence-corrected chi connectivity index (χ2v) is 6.38. The molecule has 0 aliphatic rings. The minimum atomic E-state index is -0.405. The predicted molar refractivity (Wildman–Crippen MR) is 92.1 cm³/mol. The topological polar surface area (TPSA) is 74.5 Å². The summed E-state index contributed by atoms with van der Waals surface area (Å²) in [7, 11) is 0. The van der Waals surface area contributed by atoms with E-state index in [2.05, 4.69) is 10.2 Å². The normalized spacial score (nSPS) is 12.0. The van der Waals surface area contributed by atoms with Crippen molar-refractivity contribution in [2.45, 2.75) is 44.1 Å². The minimum absolute atomic E-state index is 0.275. The first kappa shape index (κ1) is 18.3. The van der Waals surface area contributed by atoms with Crippen LogP contribution in [-0.2, 0) is 9.53 Å². The van der Waals surface area contributed by atoms with Gasteiger partial charge in [0.2, 0.25) is 0 Å². The Morgan fingerprint density at radius 3 is 2.83 bits per heavy atom. The van der Waals surface area contributed by atoms with Gasteiger partial charge in [-0.3, -0.25) is 4.79 Å². The number of hydrogen-bond donors (Lipinski definition) is 0. The smallest absolute Gasteiger partial charge is 0.319 e. The number of para-hydroxylation sites is 1. The number of rotatable bonds is 9. The van der Waals surface area contributed by atoms with E-state index in [0.29, 0.717) is 30.1 Å². The second-order valence-electron chi connectivity index (χ2n) is 5.08. The third-order valence-corrected chi connectivity index (χ3v) is 4.09. The van der Waals surface area contributed by atoms with E-state index in [1.807, 2.05) is 38.1 Å². The van der Waals surface area contributed by atoms with Crippen LogP contribution in [0.3, 0.4) is 0 Å². The summed E-state index contributed by atoms with van der Waals surface area (Å²) in [5.41, 5.74) is 0.733. The first-order chi connectivity index (χ1) is 11.7. The molecule has 130 valence electrons. The Morgan fingerprint density at radius 2 is 2.08 bits per heavy atom. The second kappa shape index (κ2) is 9.32. The van der Waals surface area contributed by atoms with E-state index in [9.17, 15) is 4.79 Å². The van der Waals surface area contributed by atoms with Crippen molar-refractivity contribution >= 4 is 17.7 Å². The van der Waals surface area contributed by atoms with Crippen LogP contribution in [0.15, 0.2) is 33.9 Å². The predicted octanol–water partition coefficient (Wildman–Crippen LogP) is 3.96. The maximum atomic E-state index is 11.9. The highest BCUT2D eigenvalue weighted by molar-refractivity contribution is 8.00. The number of thioether (sulfide) groups is 1. The lowest BCUT2D eigenvalue weighted by Crippen LogP contribution is -2.17. The SMILES string of the molecule is CCCCOC(=O)C(C)Sc1nnc(-c2ccccc2OCC)o1. The summed E-state index contributed by atoms with van der Waals surface area (Å²) in [6.45, 7) is 6.71. The summed E-state index contributed by atoms with van der Waals surface area (Å²) in [6.07, 6.45) is 1.85. The highest BCUT2D eigenvalue weighted by Crippen LogP contribution is 2.31. The molecule has 6 nitrogen and oxygen atoms in total. The zero-order valence-corrected chi connectivity index (χ0v) is 15.0. The third kappa shape index (κ3) is 4.99. The van der Waals surface area contributed by atoms with Crippen LogP contribution in [0.25, 0.3) is 11.5 Å². The average Bonchev–Trinajstić information content (AvgIpc) is 3.04. The van der Waals surface area contributed by atoms with Crippen molar-refractivity contribution in [2.24, 2.45) is 0 Å². The number of aromatic nitrogens is 2. The van der Waals surface area contributed by atoms with Gasteiger partial charge in [-0.1, -0.05) is 37.2 Å². The molecule has 0 aliphatic heterocycles. The molecule has 0 fully saturated rings. The first-order valence-corrected chi connectivity index (χ1v) is 8.92. The molecule has 0 spiro atoms. The quantitative estimate of drug-likeness (QED) is 0.385. The minimum Gasteiger partial charge on any atom is -0.493 e. The number of ether oxygens (including phenoxy) is 2. The van der Waals surface area contributed by atoms with Gasteiger partial charge in [0.15, 0.2) is 0 Å². The van der Waals surface area contributed by atoms with Crippen molar-refractivity contribution in [3.05, 3.63) is 24.3 Å². The van der Waals surface area contributed by atoms with Crippen molar-refractivity contribution in [3.8, 4) is 17.2 Å². The van der Waals surface area contributed by atoms with Crippen LogP contribution in [0.2, 0.25) is 0 Å². The molecule has 1 aromatic carbocycles. The van der Waals surface area contributed by atoms with Crippen molar-refractivity contribution in [2.75, 3.05) is 13.2 Å². The molecule has 1 unspecified atom stereocenters. The van der Waals surface area contributed by atoms with E-state index >= 15 is 0 Å². The number of hydrogen-bond acceptors (Lipinski definition) is 7. The van der Waals surface area contributed by atoms with Crippen LogP contribution in [0.1, 0.15) is 33.6 Å². The van der Waals surface area contributed by atoms with Crippen LogP contribution in [0, 0.1) is 0 Å². The van der Waals surface area contributed by atoms with E-state index in [1.165, 1.54) is 11.8 Å². The third-order valence-electron chi connectivity index (χ3n) is 3.18. The Bertz CT molecular complexity index is 660. The van der Waals surface area contributed by atoms with E-state index in [-0.39, 0.29) is 5.97 Å². The zero-order chi connectivity index (χ0) is 17.4. The molecule has 24 heavy (non-hydrogen) atoms. The van der Waals surface area contributed by atoms with Crippen molar-refractivity contribution in [1.82, 2.24) is 10.2 Å². The molecule has 1 atom stereocenters. The van der Waals surface area contributed by atoms with Gasteiger partial charge in [0, 0.05) is 0 Å². The van der Waals surface area contributed by atoms with Crippen molar-refractivity contribution < 1.29 is 18.7 Å². The molecule has 0 aliphatic carbocycles. The number of nitrogens with zero attached hydrogens (tertiary/aromatic N) is 2. The van der Waals surface area contributed by atoms with Gasteiger partial charge in [-0.25, -0.2) is 0 Å². The summed E-state index contributed by atoms with van der Waals surface area (Å²) in [4.78, 5) is 11.9. The Labute approximate surface area is 145 Å². The molecule has 0 saturated carbocycles. The molecule has 0 amide bonds. The Kier molecular flexibility index (Phi) is 7.11. The fraction of sp³-hybridized carbons (Fsp3) is 0.471. The Hall–Kier alpha value is -2.02. The van der Waals surface area contributed by atoms with Crippen LogP contribution in [-0.4, -0.2) is 34.6 Å². The fourth-order valence-corrected chi connectivity index (χ4v) is 2.61. The number of carbonyl (C=O) groups excluding carboxylic acids is 1. The van der Waals surface area contributed by atoms with Gasteiger partial charge in [-0.15, -0.1) is 10.2 Å². The van der Waals surface area contributed by atoms with Gasteiger partial charge in [0.25, 0.3) is 11.1 Å². The van der Waals surface area contributed by atoms with Crippen LogP contribution < -0.4 is 4.74 Å². The molecular weight excluding hydrogens is 328 g/mol. The summed E-state index contributed by atoms with van der Waals surface area (Å²) in [5.74, 6) is 0.781. The first-order valence-electron chi connectivity index (χ1n) is 8.04. The van der Waals surface area contributed by atoms with Crippen LogP contribution in [0.5, 0.6) is 5.75 Å². The molecule has 2 rings (SSSR count). The van der Waals surface area contributed by atoms with Crippen molar-refractivity contribution in [3.63, 3.8) is 0 Å². The Balaban J connectivity index is 2.02. The van der Waals surface area contributed by atoms with Crippen LogP contribution in [0.4, 0.5) is 0 Å². The maximum absolute atomic E-state index is 11.9. The fourth-order valence-electron chi connectivity index (χ4n) is 1.92. The van der Waals surface area contributed by atoms with Gasteiger partial charge < -0.3 is 13.9 Å². The molecule has 2 aromatic rings. The van der Waals surface area contributed by atoms with Gasteiger partial charge in [-0.2, -0.15) is 0 Å². The van der Waals surface area contributed by atoms with Crippen molar-refractivity contribution in [1.29, 1.82) is 0 Å². The standard InChI is InChI=1S/C17H22N2O4S/c1-4-6-11-22-16(20)12(3)24-17-19-18-15(23-17)13-9-7-8-10-14(13)21-5-2/h7-10,12H,4-6,11H2,1-3H3. The van der Waals surface area contributed by atoms with Gasteiger partial charge >= 0.3 is 5.97 Å². The van der Waals surface area contributed by atoms with E-state index in [1.54, 1.807) is 6.92 Å². The highest BCUT2D eigenvalue weighted by atomic mass is 32.2. The summed E-state index contributed by atoms with van der Waals surface area (Å²) < 4.78 is 16.4. The lowest BCUT2D eigenvalue weighted by Gasteiger charge is -2.08. The van der Waals surface area contributed by atoms with E-state index < -0.39 is 5.25 Å². The Morgan fingerprint density at radius 1 is 1.29 bits per heavy atom. The van der Waals surface area contributed by atoms with E-state index in [0.717, 1.165) is 18.4 Å². The lowest BCUT2D eigenvalue weighted by molar-refractivity contribution is -0.142. The number of carbonyl (C=O) groups is 1. The summed E-state index contributed by atoms with van der Waals surface area (Å²) >= 11 is 1.19. The highest BCUT2D eigenvalue weighted by Gasteiger charge is 2.20. The van der Waals surface area contributed by atoms with Gasteiger partial charge in [-0.05, 0) is 32.4 Å². The summed E-state index contributed by atoms with van der Waals surface area (Å²) in [5, 5.41) is 7.97. The number of esters is 1. The molecular formula is C17H22N2O4S. The van der Waals surface area contributed by atoms with Gasteiger partial charge in [0.05, 0.1) is 18.8 Å². The molecule has 1 heterocycles. The molecule has 0 saturated heterocycles. The molecule has 1 aromatic heterocycles. The van der Waals surface area contributed by atoms with Gasteiger partial charge in [0.1, 0.15) is 11.0 Å². The summed E-state index contributed by atoms with van der Waals surface area (Å²) in [6, 6.07) is 7.47. The lowest BCUT2D eigenvalue weighted by atomic mass is 10.2. The largest absolute Gasteiger partial charge is 0.493 e. The molecule has 0 N–H and O–H groups in total. The molecule has 0 bridgehead atoms. The molecule has 0 radical (unpaired) electrons.